The summed E-state index contributed by atoms with van der Waals surface area (Å²) in [6.07, 6.45) is 2.64. The number of aliphatic carboxylic acids is 1. The Labute approximate surface area is 124 Å². The van der Waals surface area contributed by atoms with Crippen LogP contribution in [0.15, 0.2) is 43.0 Å². The van der Waals surface area contributed by atoms with Gasteiger partial charge in [0.1, 0.15) is 6.04 Å². The number of nitrogens with one attached hydrogen (secondary N) is 1. The fourth-order valence-corrected chi connectivity index (χ4v) is 1.99. The van der Waals surface area contributed by atoms with Crippen LogP contribution < -0.4 is 5.32 Å². The van der Waals surface area contributed by atoms with Gasteiger partial charge in [-0.2, -0.15) is 0 Å². The van der Waals surface area contributed by atoms with Crippen LogP contribution in [0.1, 0.15) is 30.9 Å². The minimum Gasteiger partial charge on any atom is -0.480 e. The highest BCUT2D eigenvalue weighted by Crippen LogP contribution is 2.17. The lowest BCUT2D eigenvalue weighted by Crippen LogP contribution is -2.43. The SMILES string of the molecule is C=CCCC[C@@H](NC(=O)[C@H](OC)c1ccccc1)C(=O)O. The molecular weight excluding hydrogens is 270 g/mol. The molecular formula is C16H21NO4. The number of carbonyl (C=O) groups excluding carboxylic acids is 1. The molecule has 0 aliphatic heterocycles. The van der Waals surface area contributed by atoms with E-state index in [1.54, 1.807) is 30.3 Å². The Morgan fingerprint density at radius 2 is 2.05 bits per heavy atom. The van der Waals surface area contributed by atoms with Crippen LogP contribution in [0.5, 0.6) is 0 Å². The lowest BCUT2D eigenvalue weighted by atomic mass is 10.1. The van der Waals surface area contributed by atoms with Crippen LogP contribution in [-0.4, -0.2) is 30.1 Å². The Morgan fingerprint density at radius 3 is 2.57 bits per heavy atom. The Hall–Kier alpha value is -2.14. The van der Waals surface area contributed by atoms with Crippen LogP contribution in [-0.2, 0) is 14.3 Å². The van der Waals surface area contributed by atoms with E-state index in [2.05, 4.69) is 11.9 Å². The number of carboxylic acid groups (broad SMARTS) is 1. The number of amides is 1. The van der Waals surface area contributed by atoms with E-state index in [0.717, 1.165) is 0 Å². The maximum Gasteiger partial charge on any atom is 0.326 e. The number of allylic oxidation sites excluding steroid dienone is 1. The van der Waals surface area contributed by atoms with Crippen LogP contribution >= 0.6 is 0 Å². The molecule has 5 heteroatoms. The number of methoxy groups -OCH3 is 1. The number of hydrogen-bond donors (Lipinski definition) is 2. The Balaban J connectivity index is 2.70. The van der Waals surface area contributed by atoms with E-state index < -0.39 is 24.0 Å². The fraction of sp³-hybridized carbons (Fsp3) is 0.375. The highest BCUT2D eigenvalue weighted by molar-refractivity contribution is 5.87. The molecule has 5 nitrogen and oxygen atoms in total. The van der Waals surface area contributed by atoms with Crippen molar-refractivity contribution in [3.63, 3.8) is 0 Å². The molecule has 1 aromatic rings. The van der Waals surface area contributed by atoms with Gasteiger partial charge < -0.3 is 15.2 Å². The molecule has 0 unspecified atom stereocenters. The molecule has 0 saturated heterocycles. The summed E-state index contributed by atoms with van der Waals surface area (Å²) in [5, 5.41) is 11.7. The average molecular weight is 291 g/mol. The maximum atomic E-state index is 12.2. The number of rotatable bonds is 9. The van der Waals surface area contributed by atoms with Crippen molar-refractivity contribution in [3.8, 4) is 0 Å². The monoisotopic (exact) mass is 291 g/mol. The topological polar surface area (TPSA) is 75.6 Å². The second kappa shape index (κ2) is 8.92. The third-order valence-electron chi connectivity index (χ3n) is 3.09. The summed E-state index contributed by atoms with van der Waals surface area (Å²) in [4.78, 5) is 23.4. The number of unbranched alkanes of at least 4 members (excludes halogenated alkanes) is 1. The zero-order valence-electron chi connectivity index (χ0n) is 12.1. The molecule has 1 amide bonds. The lowest BCUT2D eigenvalue weighted by molar-refractivity contribution is -0.144. The van der Waals surface area contributed by atoms with Gasteiger partial charge >= 0.3 is 5.97 Å². The summed E-state index contributed by atoms with van der Waals surface area (Å²) in [7, 11) is 1.42. The normalized spacial score (nSPS) is 13.2. The number of carboxylic acids is 1. The Bertz CT molecular complexity index is 472. The number of ether oxygens (including phenoxy) is 1. The smallest absolute Gasteiger partial charge is 0.326 e. The van der Waals surface area contributed by atoms with Crippen LogP contribution in [0.25, 0.3) is 0 Å². The third kappa shape index (κ3) is 5.39. The molecule has 0 aliphatic rings. The molecule has 0 radical (unpaired) electrons. The van der Waals surface area contributed by atoms with E-state index in [1.165, 1.54) is 7.11 Å². The van der Waals surface area contributed by atoms with E-state index in [1.807, 2.05) is 6.07 Å². The number of benzene rings is 1. The van der Waals surface area contributed by atoms with E-state index in [9.17, 15) is 9.59 Å². The van der Waals surface area contributed by atoms with Gasteiger partial charge in [-0.05, 0) is 24.8 Å². The molecule has 2 atom stereocenters. The van der Waals surface area contributed by atoms with Crippen molar-refractivity contribution < 1.29 is 19.4 Å². The maximum absolute atomic E-state index is 12.2. The minimum absolute atomic E-state index is 0.359. The van der Waals surface area contributed by atoms with Crippen LogP contribution in [0.4, 0.5) is 0 Å². The van der Waals surface area contributed by atoms with Crippen LogP contribution in [0.3, 0.4) is 0 Å². The van der Waals surface area contributed by atoms with Gasteiger partial charge in [0.05, 0.1) is 0 Å². The second-order valence-electron chi connectivity index (χ2n) is 4.65. The van der Waals surface area contributed by atoms with Gasteiger partial charge in [0, 0.05) is 7.11 Å². The van der Waals surface area contributed by atoms with Gasteiger partial charge in [-0.15, -0.1) is 6.58 Å². The van der Waals surface area contributed by atoms with E-state index in [0.29, 0.717) is 24.8 Å². The van der Waals surface area contributed by atoms with Crippen molar-refractivity contribution >= 4 is 11.9 Å². The summed E-state index contributed by atoms with van der Waals surface area (Å²) in [5.74, 6) is -1.50. The van der Waals surface area contributed by atoms with Crippen molar-refractivity contribution in [1.82, 2.24) is 5.32 Å². The van der Waals surface area contributed by atoms with E-state index in [4.69, 9.17) is 9.84 Å². The zero-order valence-corrected chi connectivity index (χ0v) is 12.1. The third-order valence-corrected chi connectivity index (χ3v) is 3.09. The van der Waals surface area contributed by atoms with Gasteiger partial charge in [0.2, 0.25) is 0 Å². The molecule has 0 aliphatic carbocycles. The van der Waals surface area contributed by atoms with Gasteiger partial charge in [0.15, 0.2) is 6.10 Å². The predicted octanol–water partition coefficient (Wildman–Crippen LogP) is 2.30. The standard InChI is InChI=1S/C16H21NO4/c1-3-4-6-11-13(16(19)20)17-15(18)14(21-2)12-9-7-5-8-10-12/h3,5,7-10,13-14H,1,4,6,11H2,2H3,(H,17,18)(H,19,20)/t13-,14-/m1/s1. The predicted molar refractivity (Wildman–Crippen MR) is 79.8 cm³/mol. The molecule has 0 saturated carbocycles. The number of hydrogen-bond acceptors (Lipinski definition) is 3. The molecule has 0 bridgehead atoms. The molecule has 0 spiro atoms. The van der Waals surface area contributed by atoms with Crippen LogP contribution in [0, 0.1) is 0 Å². The lowest BCUT2D eigenvalue weighted by Gasteiger charge is -2.19. The highest BCUT2D eigenvalue weighted by Gasteiger charge is 2.25. The first-order valence-corrected chi connectivity index (χ1v) is 6.82. The largest absolute Gasteiger partial charge is 0.480 e. The highest BCUT2D eigenvalue weighted by atomic mass is 16.5. The second-order valence-corrected chi connectivity index (χ2v) is 4.65. The first kappa shape index (κ1) is 16.9. The molecule has 1 rings (SSSR count). The van der Waals surface area contributed by atoms with E-state index >= 15 is 0 Å². The summed E-state index contributed by atoms with van der Waals surface area (Å²) < 4.78 is 5.18. The molecule has 0 fully saturated rings. The first-order chi connectivity index (χ1) is 10.1. The molecule has 2 N–H and O–H groups in total. The summed E-state index contributed by atoms with van der Waals surface area (Å²) >= 11 is 0. The minimum atomic E-state index is -1.05. The van der Waals surface area contributed by atoms with Crippen LogP contribution in [0.2, 0.25) is 0 Å². The van der Waals surface area contributed by atoms with Gasteiger partial charge in [-0.3, -0.25) is 4.79 Å². The van der Waals surface area contributed by atoms with Gasteiger partial charge in [-0.25, -0.2) is 4.79 Å². The molecule has 114 valence electrons. The van der Waals surface area contributed by atoms with Gasteiger partial charge in [-0.1, -0.05) is 36.4 Å². The average Bonchev–Trinajstić information content (AvgIpc) is 2.48. The summed E-state index contributed by atoms with van der Waals surface area (Å²) in [6, 6.07) is 8.05. The molecule has 0 aromatic heterocycles. The molecule has 1 aromatic carbocycles. The Morgan fingerprint density at radius 1 is 1.38 bits per heavy atom. The Kier molecular flexibility index (Phi) is 7.18. The zero-order chi connectivity index (χ0) is 15.7. The van der Waals surface area contributed by atoms with Gasteiger partial charge in [0.25, 0.3) is 5.91 Å². The fourth-order valence-electron chi connectivity index (χ4n) is 1.99. The first-order valence-electron chi connectivity index (χ1n) is 6.82. The van der Waals surface area contributed by atoms with Crippen molar-refractivity contribution in [1.29, 1.82) is 0 Å². The molecule has 0 heterocycles. The van der Waals surface area contributed by atoms with Crippen molar-refractivity contribution in [2.75, 3.05) is 7.11 Å². The molecule has 21 heavy (non-hydrogen) atoms. The quantitative estimate of drug-likeness (QED) is 0.541. The van der Waals surface area contributed by atoms with Crippen molar-refractivity contribution in [2.45, 2.75) is 31.4 Å². The van der Waals surface area contributed by atoms with Crippen molar-refractivity contribution in [2.24, 2.45) is 0 Å². The van der Waals surface area contributed by atoms with E-state index in [-0.39, 0.29) is 0 Å². The summed E-state index contributed by atoms with van der Waals surface area (Å²) in [5.41, 5.74) is 0.688. The number of carbonyl (C=O) groups is 2. The summed E-state index contributed by atoms with van der Waals surface area (Å²) in [6.45, 7) is 3.59. The van der Waals surface area contributed by atoms with Crippen molar-refractivity contribution in [3.05, 3.63) is 48.6 Å².